The van der Waals surface area contributed by atoms with Crippen LogP contribution in [0.3, 0.4) is 0 Å². The summed E-state index contributed by atoms with van der Waals surface area (Å²) in [6.45, 7) is 1.17. The number of para-hydroxylation sites is 1. The first kappa shape index (κ1) is 21.3. The number of nitrogens with one attached hydrogen (secondary N) is 1. The number of anilines is 1. The molecule has 1 aliphatic rings. The van der Waals surface area contributed by atoms with E-state index in [0.717, 1.165) is 16.8 Å². The molecule has 0 atom stereocenters. The van der Waals surface area contributed by atoms with E-state index in [0.29, 0.717) is 37.1 Å². The predicted molar refractivity (Wildman–Crippen MR) is 119 cm³/mol. The van der Waals surface area contributed by atoms with Gasteiger partial charge in [0, 0.05) is 23.6 Å². The minimum Gasteiger partial charge on any atom is -0.493 e. The first-order valence-electron chi connectivity index (χ1n) is 9.95. The molecule has 1 aromatic heterocycles. The summed E-state index contributed by atoms with van der Waals surface area (Å²) in [4.78, 5) is 20.5. The Labute approximate surface area is 185 Å². The zero-order valence-corrected chi connectivity index (χ0v) is 17.8. The van der Waals surface area contributed by atoms with Crippen LogP contribution in [0.4, 0.5) is 5.69 Å². The fraction of sp³-hybridized carbons (Fsp3) is 0.217. The lowest BCUT2D eigenvalue weighted by Crippen LogP contribution is -2.31. The van der Waals surface area contributed by atoms with Gasteiger partial charge in [-0.15, -0.1) is 0 Å². The summed E-state index contributed by atoms with van der Waals surface area (Å²) in [5.74, 6) is 0.954. The number of methoxy groups -OCH3 is 2. The molecule has 1 aliphatic heterocycles. The van der Waals surface area contributed by atoms with Crippen molar-refractivity contribution >= 4 is 17.3 Å². The van der Waals surface area contributed by atoms with E-state index in [-0.39, 0.29) is 11.6 Å². The van der Waals surface area contributed by atoms with Crippen molar-refractivity contribution in [2.75, 3.05) is 32.9 Å². The van der Waals surface area contributed by atoms with Crippen LogP contribution >= 0.6 is 0 Å². The largest absolute Gasteiger partial charge is 0.493 e. The van der Waals surface area contributed by atoms with Crippen LogP contribution in [-0.4, -0.2) is 54.2 Å². The maximum absolute atomic E-state index is 12.5. The van der Waals surface area contributed by atoms with E-state index in [2.05, 4.69) is 15.3 Å². The zero-order valence-electron chi connectivity index (χ0n) is 17.8. The molecule has 9 nitrogen and oxygen atoms in total. The highest BCUT2D eigenvalue weighted by Gasteiger charge is 2.18. The molecule has 0 saturated carbocycles. The van der Waals surface area contributed by atoms with E-state index < -0.39 is 0 Å². The molecular formula is C23H23N5O4. The van der Waals surface area contributed by atoms with E-state index in [1.807, 2.05) is 47.5 Å². The highest BCUT2D eigenvalue weighted by Crippen LogP contribution is 2.28. The van der Waals surface area contributed by atoms with Gasteiger partial charge in [0.2, 0.25) is 0 Å². The Bertz CT molecular complexity index is 1120. The van der Waals surface area contributed by atoms with E-state index in [4.69, 9.17) is 19.3 Å². The number of hydrazone groups is 1. The lowest BCUT2D eigenvalue weighted by atomic mass is 10.1. The lowest BCUT2D eigenvalue weighted by Gasteiger charge is -2.26. The van der Waals surface area contributed by atoms with Crippen LogP contribution in [0.15, 0.2) is 66.2 Å². The van der Waals surface area contributed by atoms with Crippen molar-refractivity contribution in [3.8, 4) is 11.5 Å². The summed E-state index contributed by atoms with van der Waals surface area (Å²) in [5.41, 5.74) is 3.48. The number of rotatable bonds is 7. The molecule has 0 unspecified atom stereocenters. The number of amides is 1. The molecule has 3 aromatic rings. The quantitative estimate of drug-likeness (QED) is 0.612. The standard InChI is InChI=1S/C23H23N5O4/c1-30-21-8-7-16(11-22(21)31-2)20-14-32-15-28(27-20)13-17-5-3-4-6-18(17)26-23(29)19-12-24-9-10-25-19/h3-12H,13-15H2,1-2H3,(H,26,29). The third kappa shape index (κ3) is 4.84. The summed E-state index contributed by atoms with van der Waals surface area (Å²) >= 11 is 0. The molecule has 0 bridgehead atoms. The Morgan fingerprint density at radius 2 is 1.97 bits per heavy atom. The monoisotopic (exact) mass is 433 g/mol. The third-order valence-corrected chi connectivity index (χ3v) is 4.87. The van der Waals surface area contributed by atoms with Gasteiger partial charge in [0.05, 0.1) is 39.3 Å². The van der Waals surface area contributed by atoms with Crippen molar-refractivity contribution in [1.29, 1.82) is 0 Å². The van der Waals surface area contributed by atoms with E-state index in [1.165, 1.54) is 18.6 Å². The van der Waals surface area contributed by atoms with Gasteiger partial charge in [-0.3, -0.25) is 14.8 Å². The number of benzene rings is 2. The second-order valence-corrected chi connectivity index (χ2v) is 6.96. The topological polar surface area (TPSA) is 98.2 Å². The number of ether oxygens (including phenoxy) is 3. The fourth-order valence-electron chi connectivity index (χ4n) is 3.29. The lowest BCUT2D eigenvalue weighted by molar-refractivity contribution is 0.0297. The molecule has 9 heteroatoms. The van der Waals surface area contributed by atoms with Gasteiger partial charge in [-0.1, -0.05) is 18.2 Å². The SMILES string of the molecule is COc1ccc(C2=NN(Cc3ccccc3NC(=O)c3cnccn3)COC2)cc1OC. The number of hydrogen-bond acceptors (Lipinski definition) is 8. The third-order valence-electron chi connectivity index (χ3n) is 4.87. The molecule has 164 valence electrons. The molecule has 1 amide bonds. The summed E-state index contributed by atoms with van der Waals surface area (Å²) in [6.07, 6.45) is 4.43. The fourth-order valence-corrected chi connectivity index (χ4v) is 3.29. The summed E-state index contributed by atoms with van der Waals surface area (Å²) in [6, 6.07) is 13.2. The van der Waals surface area contributed by atoms with Gasteiger partial charge in [0.25, 0.3) is 5.91 Å². The summed E-state index contributed by atoms with van der Waals surface area (Å²) in [5, 5.41) is 9.46. The van der Waals surface area contributed by atoms with Gasteiger partial charge in [-0.2, -0.15) is 5.10 Å². The van der Waals surface area contributed by atoms with Gasteiger partial charge < -0.3 is 19.5 Å². The smallest absolute Gasteiger partial charge is 0.275 e. The van der Waals surface area contributed by atoms with E-state index in [9.17, 15) is 4.79 Å². The Morgan fingerprint density at radius 1 is 1.12 bits per heavy atom. The molecule has 0 spiro atoms. The molecule has 32 heavy (non-hydrogen) atoms. The summed E-state index contributed by atoms with van der Waals surface area (Å²) < 4.78 is 16.5. The van der Waals surface area contributed by atoms with Crippen LogP contribution in [0.1, 0.15) is 21.6 Å². The van der Waals surface area contributed by atoms with Crippen molar-refractivity contribution in [3.05, 3.63) is 77.9 Å². The van der Waals surface area contributed by atoms with Crippen molar-refractivity contribution < 1.29 is 19.0 Å². The number of carbonyl (C=O) groups excluding carboxylic acids is 1. The van der Waals surface area contributed by atoms with Crippen LogP contribution in [0.2, 0.25) is 0 Å². The molecule has 0 saturated heterocycles. The van der Waals surface area contributed by atoms with Crippen LogP contribution < -0.4 is 14.8 Å². The second kappa shape index (κ2) is 9.88. The number of hydrogen-bond donors (Lipinski definition) is 1. The van der Waals surface area contributed by atoms with Crippen molar-refractivity contribution in [1.82, 2.24) is 15.0 Å². The molecule has 0 fully saturated rings. The van der Waals surface area contributed by atoms with Crippen LogP contribution in [0.25, 0.3) is 0 Å². The highest BCUT2D eigenvalue weighted by atomic mass is 16.5. The van der Waals surface area contributed by atoms with Crippen molar-refractivity contribution in [3.63, 3.8) is 0 Å². The Morgan fingerprint density at radius 3 is 2.75 bits per heavy atom. The van der Waals surface area contributed by atoms with Crippen LogP contribution in [-0.2, 0) is 11.3 Å². The van der Waals surface area contributed by atoms with Gasteiger partial charge in [-0.05, 0) is 29.8 Å². The van der Waals surface area contributed by atoms with Crippen molar-refractivity contribution in [2.24, 2.45) is 5.10 Å². The number of aromatic nitrogens is 2. The van der Waals surface area contributed by atoms with Gasteiger partial charge in [0.1, 0.15) is 12.4 Å². The first-order chi connectivity index (χ1) is 15.7. The van der Waals surface area contributed by atoms with E-state index in [1.54, 1.807) is 14.2 Å². The number of carbonyl (C=O) groups is 1. The van der Waals surface area contributed by atoms with Crippen molar-refractivity contribution in [2.45, 2.75) is 6.54 Å². The maximum Gasteiger partial charge on any atom is 0.275 e. The highest BCUT2D eigenvalue weighted by molar-refractivity contribution is 6.03. The summed E-state index contributed by atoms with van der Waals surface area (Å²) in [7, 11) is 3.19. The van der Waals surface area contributed by atoms with Gasteiger partial charge in [-0.25, -0.2) is 4.98 Å². The van der Waals surface area contributed by atoms with Crippen LogP contribution in [0, 0.1) is 0 Å². The van der Waals surface area contributed by atoms with Crippen LogP contribution in [0.5, 0.6) is 11.5 Å². The Balaban J connectivity index is 1.53. The normalized spacial score (nSPS) is 13.3. The van der Waals surface area contributed by atoms with Gasteiger partial charge in [0.15, 0.2) is 11.5 Å². The molecule has 2 heterocycles. The van der Waals surface area contributed by atoms with E-state index >= 15 is 0 Å². The number of nitrogens with zero attached hydrogens (tertiary/aromatic N) is 4. The molecular weight excluding hydrogens is 410 g/mol. The molecule has 2 aromatic carbocycles. The average molecular weight is 433 g/mol. The molecule has 1 N–H and O–H groups in total. The Kier molecular flexibility index (Phi) is 6.57. The first-order valence-corrected chi connectivity index (χ1v) is 9.95. The minimum absolute atomic E-state index is 0.248. The van der Waals surface area contributed by atoms with Gasteiger partial charge >= 0.3 is 0 Å². The molecule has 0 aliphatic carbocycles. The average Bonchev–Trinajstić information content (AvgIpc) is 2.85. The second-order valence-electron chi connectivity index (χ2n) is 6.96. The minimum atomic E-state index is -0.324. The Hall–Kier alpha value is -3.98. The zero-order chi connectivity index (χ0) is 22.3. The predicted octanol–water partition coefficient (Wildman–Crippen LogP) is 2.94. The molecule has 4 rings (SSSR count). The molecule has 0 radical (unpaired) electrons. The maximum atomic E-state index is 12.5.